The van der Waals surface area contributed by atoms with E-state index < -0.39 is 5.60 Å². The number of methoxy groups -OCH3 is 1. The molecule has 1 rings (SSSR count). The number of aliphatic hydroxyl groups excluding tert-OH is 1. The summed E-state index contributed by atoms with van der Waals surface area (Å²) in [5.41, 5.74) is -0.395. The predicted molar refractivity (Wildman–Crippen MR) is 68.3 cm³/mol. The lowest BCUT2D eigenvalue weighted by atomic mass is 10.0. The number of ether oxygens (including phenoxy) is 2. The molecule has 0 aromatic carbocycles. The molecule has 1 aliphatic rings. The number of carbonyl (C=O) groups excluding carboxylic acids is 1. The monoisotopic (exact) mass is 259 g/mol. The van der Waals surface area contributed by atoms with Gasteiger partial charge in [0.2, 0.25) is 5.91 Å². The summed E-state index contributed by atoms with van der Waals surface area (Å²) in [6.45, 7) is 6.82. The summed E-state index contributed by atoms with van der Waals surface area (Å²) in [5, 5.41) is 9.20. The number of aliphatic hydroxyl groups is 1. The van der Waals surface area contributed by atoms with E-state index in [0.717, 1.165) is 6.42 Å². The van der Waals surface area contributed by atoms with Crippen molar-refractivity contribution in [2.24, 2.45) is 0 Å². The van der Waals surface area contributed by atoms with Gasteiger partial charge in [0, 0.05) is 26.6 Å². The molecule has 0 radical (unpaired) electrons. The van der Waals surface area contributed by atoms with Crippen molar-refractivity contribution in [2.75, 3.05) is 26.8 Å². The van der Waals surface area contributed by atoms with E-state index in [1.807, 2.05) is 20.8 Å². The Labute approximate surface area is 109 Å². The van der Waals surface area contributed by atoms with Crippen LogP contribution in [-0.4, -0.2) is 60.5 Å². The van der Waals surface area contributed by atoms with Crippen molar-refractivity contribution in [1.82, 2.24) is 4.90 Å². The van der Waals surface area contributed by atoms with Crippen molar-refractivity contribution >= 4 is 5.91 Å². The highest BCUT2D eigenvalue weighted by molar-refractivity contribution is 5.76. The van der Waals surface area contributed by atoms with Crippen molar-refractivity contribution in [3.05, 3.63) is 0 Å². The quantitative estimate of drug-likeness (QED) is 0.793. The van der Waals surface area contributed by atoms with Gasteiger partial charge in [-0.3, -0.25) is 4.79 Å². The molecule has 1 aliphatic heterocycles. The molecule has 5 nitrogen and oxygen atoms in total. The van der Waals surface area contributed by atoms with Crippen LogP contribution in [0, 0.1) is 0 Å². The summed E-state index contributed by atoms with van der Waals surface area (Å²) in [6, 6.07) is 0. The maximum atomic E-state index is 12.1. The molecule has 0 aromatic rings. The first-order chi connectivity index (χ1) is 8.38. The Morgan fingerprint density at radius 2 is 2.28 bits per heavy atom. The molecule has 1 N–H and O–H groups in total. The molecule has 0 aliphatic carbocycles. The van der Waals surface area contributed by atoms with Gasteiger partial charge in [0.15, 0.2) is 0 Å². The Bertz CT molecular complexity index is 280. The maximum Gasteiger partial charge on any atom is 0.222 e. The van der Waals surface area contributed by atoms with E-state index in [1.54, 1.807) is 12.0 Å². The Balaban J connectivity index is 2.51. The fourth-order valence-electron chi connectivity index (χ4n) is 2.18. The number of rotatable bonds is 5. The standard InChI is InChI=1S/C13H25NO4/c1-10(17-4)5-6-12(16)14-7-11(8-15)18-13(2,3)9-14/h10-11,15H,5-9H2,1-4H3. The van der Waals surface area contributed by atoms with Gasteiger partial charge in [-0.05, 0) is 27.2 Å². The summed E-state index contributed by atoms with van der Waals surface area (Å²) in [7, 11) is 1.65. The second-order valence-corrected chi connectivity index (χ2v) is 5.54. The van der Waals surface area contributed by atoms with Crippen LogP contribution in [0.3, 0.4) is 0 Å². The molecule has 18 heavy (non-hydrogen) atoms. The van der Waals surface area contributed by atoms with Crippen molar-refractivity contribution in [2.45, 2.75) is 51.4 Å². The molecule has 0 bridgehead atoms. The van der Waals surface area contributed by atoms with E-state index in [1.165, 1.54) is 0 Å². The third-order valence-electron chi connectivity index (χ3n) is 3.20. The van der Waals surface area contributed by atoms with Gasteiger partial charge in [0.05, 0.1) is 24.4 Å². The molecule has 0 aromatic heterocycles. The highest BCUT2D eigenvalue weighted by Gasteiger charge is 2.35. The Morgan fingerprint density at radius 1 is 1.61 bits per heavy atom. The van der Waals surface area contributed by atoms with Gasteiger partial charge in [0.25, 0.3) is 0 Å². The van der Waals surface area contributed by atoms with E-state index >= 15 is 0 Å². The van der Waals surface area contributed by atoms with Crippen molar-refractivity contribution in [1.29, 1.82) is 0 Å². The summed E-state index contributed by atoms with van der Waals surface area (Å²) in [4.78, 5) is 13.9. The molecule has 2 atom stereocenters. The van der Waals surface area contributed by atoms with E-state index in [9.17, 15) is 9.90 Å². The summed E-state index contributed by atoms with van der Waals surface area (Å²) in [6.07, 6.45) is 1.01. The lowest BCUT2D eigenvalue weighted by Gasteiger charge is -2.42. The lowest BCUT2D eigenvalue weighted by Crippen LogP contribution is -2.55. The fourth-order valence-corrected chi connectivity index (χ4v) is 2.18. The first kappa shape index (κ1) is 15.4. The van der Waals surface area contributed by atoms with Crippen LogP contribution in [-0.2, 0) is 14.3 Å². The fraction of sp³-hybridized carbons (Fsp3) is 0.923. The average Bonchev–Trinajstić information content (AvgIpc) is 2.33. The zero-order valence-corrected chi connectivity index (χ0v) is 11.8. The highest BCUT2D eigenvalue weighted by Crippen LogP contribution is 2.21. The largest absolute Gasteiger partial charge is 0.394 e. The third-order valence-corrected chi connectivity index (χ3v) is 3.20. The van der Waals surface area contributed by atoms with Crippen molar-refractivity contribution in [3.8, 4) is 0 Å². The van der Waals surface area contributed by atoms with Crippen molar-refractivity contribution < 1.29 is 19.4 Å². The van der Waals surface area contributed by atoms with E-state index in [0.29, 0.717) is 19.5 Å². The van der Waals surface area contributed by atoms with E-state index in [-0.39, 0.29) is 24.7 Å². The zero-order valence-electron chi connectivity index (χ0n) is 11.8. The molecule has 1 amide bonds. The minimum Gasteiger partial charge on any atom is -0.394 e. The SMILES string of the molecule is COC(C)CCC(=O)N1CC(CO)OC(C)(C)C1. The van der Waals surface area contributed by atoms with E-state index in [4.69, 9.17) is 9.47 Å². The third kappa shape index (κ3) is 4.55. The lowest BCUT2D eigenvalue weighted by molar-refractivity contribution is -0.167. The topological polar surface area (TPSA) is 59.0 Å². The van der Waals surface area contributed by atoms with Crippen LogP contribution in [0.25, 0.3) is 0 Å². The second-order valence-electron chi connectivity index (χ2n) is 5.54. The molecular weight excluding hydrogens is 234 g/mol. The molecule has 1 fully saturated rings. The molecule has 1 heterocycles. The zero-order chi connectivity index (χ0) is 13.8. The number of hydrogen-bond donors (Lipinski definition) is 1. The van der Waals surface area contributed by atoms with Gasteiger partial charge in [-0.15, -0.1) is 0 Å². The number of nitrogens with zero attached hydrogens (tertiary/aromatic N) is 1. The summed E-state index contributed by atoms with van der Waals surface area (Å²) >= 11 is 0. The van der Waals surface area contributed by atoms with E-state index in [2.05, 4.69) is 0 Å². The molecule has 1 saturated heterocycles. The number of amides is 1. The van der Waals surface area contributed by atoms with Crippen LogP contribution in [0.15, 0.2) is 0 Å². The average molecular weight is 259 g/mol. The number of hydrogen-bond acceptors (Lipinski definition) is 4. The van der Waals surface area contributed by atoms with Gasteiger partial charge in [-0.1, -0.05) is 0 Å². The van der Waals surface area contributed by atoms with Crippen LogP contribution in [0.4, 0.5) is 0 Å². The van der Waals surface area contributed by atoms with Crippen molar-refractivity contribution in [3.63, 3.8) is 0 Å². The van der Waals surface area contributed by atoms with Gasteiger partial charge in [-0.2, -0.15) is 0 Å². The maximum absolute atomic E-state index is 12.1. The molecule has 106 valence electrons. The van der Waals surface area contributed by atoms with Crippen LogP contribution < -0.4 is 0 Å². The molecule has 0 saturated carbocycles. The predicted octanol–water partition coefficient (Wildman–Crippen LogP) is 0.800. The first-order valence-corrected chi connectivity index (χ1v) is 6.47. The number of carbonyl (C=O) groups is 1. The van der Waals surface area contributed by atoms with Gasteiger partial charge < -0.3 is 19.5 Å². The molecule has 2 unspecified atom stereocenters. The normalized spacial score (nSPS) is 24.9. The van der Waals surface area contributed by atoms with Gasteiger partial charge in [-0.25, -0.2) is 0 Å². The molecule has 5 heteroatoms. The van der Waals surface area contributed by atoms with Crippen LogP contribution in [0.5, 0.6) is 0 Å². The minimum absolute atomic E-state index is 0.0539. The Morgan fingerprint density at radius 3 is 2.83 bits per heavy atom. The highest BCUT2D eigenvalue weighted by atomic mass is 16.5. The van der Waals surface area contributed by atoms with Gasteiger partial charge >= 0.3 is 0 Å². The Kier molecular flexibility index (Phi) is 5.56. The van der Waals surface area contributed by atoms with Gasteiger partial charge in [0.1, 0.15) is 0 Å². The van der Waals surface area contributed by atoms with Crippen LogP contribution in [0.2, 0.25) is 0 Å². The smallest absolute Gasteiger partial charge is 0.222 e. The number of morpholine rings is 1. The minimum atomic E-state index is -0.395. The molecular formula is C13H25NO4. The summed E-state index contributed by atoms with van der Waals surface area (Å²) in [5.74, 6) is 0.105. The van der Waals surface area contributed by atoms with Crippen LogP contribution >= 0.6 is 0 Å². The first-order valence-electron chi connectivity index (χ1n) is 6.47. The summed E-state index contributed by atoms with van der Waals surface area (Å²) < 4.78 is 10.8. The Hall–Kier alpha value is -0.650. The second kappa shape index (κ2) is 6.50. The van der Waals surface area contributed by atoms with Crippen LogP contribution in [0.1, 0.15) is 33.6 Å². The molecule has 0 spiro atoms.